The summed E-state index contributed by atoms with van der Waals surface area (Å²) in [7, 11) is -2.23. The van der Waals surface area contributed by atoms with Crippen molar-refractivity contribution in [2.75, 3.05) is 17.1 Å². The molecule has 0 aromatic heterocycles. The van der Waals surface area contributed by atoms with Crippen molar-refractivity contribution in [1.29, 1.82) is 0 Å². The molecule has 2 N–H and O–H groups in total. The molecule has 3 rings (SSSR count). The van der Waals surface area contributed by atoms with Crippen LogP contribution in [0.4, 0.5) is 11.4 Å². The van der Waals surface area contributed by atoms with Gasteiger partial charge in [0.25, 0.3) is 15.9 Å². The zero-order chi connectivity index (χ0) is 20.1. The molecular weight excluding hydrogens is 400 g/mol. The summed E-state index contributed by atoms with van der Waals surface area (Å²) in [5, 5.41) is 3.23. The Kier molecular flexibility index (Phi) is 5.87. The maximum Gasteiger partial charge on any atom is 0.261 e. The van der Waals surface area contributed by atoms with Crippen LogP contribution in [0, 0.1) is 0 Å². The van der Waals surface area contributed by atoms with Crippen molar-refractivity contribution in [3.8, 4) is 5.75 Å². The summed E-state index contributed by atoms with van der Waals surface area (Å²) in [6.07, 6.45) is 0. The third kappa shape index (κ3) is 4.82. The minimum atomic E-state index is -3.75. The highest BCUT2D eigenvalue weighted by molar-refractivity contribution is 7.92. The number of amides is 1. The number of ether oxygens (including phenoxy) is 1. The predicted molar refractivity (Wildman–Crippen MR) is 110 cm³/mol. The number of hydrogen-bond donors (Lipinski definition) is 2. The number of hydrogen-bond acceptors (Lipinski definition) is 4. The minimum Gasteiger partial charge on any atom is -0.497 e. The average Bonchev–Trinajstić information content (AvgIpc) is 2.70. The van der Waals surface area contributed by atoms with E-state index in [1.807, 2.05) is 0 Å². The molecular formula is C20H17ClN2O4S. The second-order valence-corrected chi connectivity index (χ2v) is 7.94. The highest BCUT2D eigenvalue weighted by atomic mass is 35.5. The summed E-state index contributed by atoms with van der Waals surface area (Å²) in [5.74, 6) is 0.246. The van der Waals surface area contributed by atoms with Crippen LogP contribution >= 0.6 is 11.6 Å². The molecule has 3 aromatic carbocycles. The third-order valence-electron chi connectivity index (χ3n) is 3.85. The van der Waals surface area contributed by atoms with Crippen molar-refractivity contribution < 1.29 is 17.9 Å². The van der Waals surface area contributed by atoms with E-state index in [-0.39, 0.29) is 10.8 Å². The largest absolute Gasteiger partial charge is 0.497 e. The fourth-order valence-corrected chi connectivity index (χ4v) is 3.60. The Labute approximate surface area is 168 Å². The van der Waals surface area contributed by atoms with Crippen LogP contribution in [0.25, 0.3) is 0 Å². The number of carbonyl (C=O) groups is 1. The monoisotopic (exact) mass is 416 g/mol. The van der Waals surface area contributed by atoms with Crippen molar-refractivity contribution >= 4 is 38.9 Å². The molecule has 3 aromatic rings. The van der Waals surface area contributed by atoms with Gasteiger partial charge in [0.15, 0.2) is 0 Å². The standard InChI is InChI=1S/C20H17ClN2O4S/c1-27-18-4-2-3-14(13-18)20(24)22-16-9-11-19(12-10-16)28(25,26)23-17-7-5-15(21)6-8-17/h2-13,23H,1H3,(H,22,24). The van der Waals surface area contributed by atoms with Crippen molar-refractivity contribution in [2.24, 2.45) is 0 Å². The normalized spacial score (nSPS) is 10.9. The molecule has 8 heteroatoms. The molecule has 0 spiro atoms. The maximum atomic E-state index is 12.5. The van der Waals surface area contributed by atoms with E-state index >= 15 is 0 Å². The van der Waals surface area contributed by atoms with E-state index < -0.39 is 10.0 Å². The summed E-state index contributed by atoms with van der Waals surface area (Å²) >= 11 is 5.80. The van der Waals surface area contributed by atoms with E-state index in [9.17, 15) is 13.2 Å². The molecule has 0 radical (unpaired) electrons. The van der Waals surface area contributed by atoms with Gasteiger partial charge in [-0.1, -0.05) is 17.7 Å². The van der Waals surface area contributed by atoms with Gasteiger partial charge in [-0.25, -0.2) is 8.42 Å². The summed E-state index contributed by atoms with van der Waals surface area (Å²) in [6, 6.07) is 18.9. The topological polar surface area (TPSA) is 84.5 Å². The minimum absolute atomic E-state index is 0.0711. The van der Waals surface area contributed by atoms with E-state index in [0.29, 0.717) is 27.7 Å². The fraction of sp³-hybridized carbons (Fsp3) is 0.0500. The molecule has 0 heterocycles. The Bertz CT molecular complexity index is 1080. The Morgan fingerprint density at radius 3 is 2.21 bits per heavy atom. The molecule has 6 nitrogen and oxygen atoms in total. The van der Waals surface area contributed by atoms with Crippen LogP contribution < -0.4 is 14.8 Å². The number of methoxy groups -OCH3 is 1. The molecule has 0 saturated heterocycles. The second-order valence-electron chi connectivity index (χ2n) is 5.82. The number of carbonyl (C=O) groups excluding carboxylic acids is 1. The molecule has 0 aliphatic heterocycles. The lowest BCUT2D eigenvalue weighted by Crippen LogP contribution is -2.14. The van der Waals surface area contributed by atoms with Crippen LogP contribution in [0.3, 0.4) is 0 Å². The van der Waals surface area contributed by atoms with Crippen molar-refractivity contribution in [3.05, 3.63) is 83.4 Å². The first kappa shape index (κ1) is 19.7. The number of anilines is 2. The van der Waals surface area contributed by atoms with Gasteiger partial charge in [0, 0.05) is 22.0 Å². The van der Waals surface area contributed by atoms with Crippen molar-refractivity contribution in [1.82, 2.24) is 0 Å². The van der Waals surface area contributed by atoms with Gasteiger partial charge in [-0.05, 0) is 66.7 Å². The molecule has 0 aliphatic carbocycles. The number of benzene rings is 3. The van der Waals surface area contributed by atoms with E-state index in [2.05, 4.69) is 10.0 Å². The molecule has 0 bridgehead atoms. The molecule has 144 valence electrons. The number of nitrogens with one attached hydrogen (secondary N) is 2. The zero-order valence-electron chi connectivity index (χ0n) is 14.8. The van der Waals surface area contributed by atoms with Gasteiger partial charge in [-0.15, -0.1) is 0 Å². The number of sulfonamides is 1. The van der Waals surface area contributed by atoms with Crippen molar-refractivity contribution in [2.45, 2.75) is 4.90 Å². The first-order valence-electron chi connectivity index (χ1n) is 8.21. The van der Waals surface area contributed by atoms with Crippen LogP contribution in [-0.4, -0.2) is 21.4 Å². The quantitative estimate of drug-likeness (QED) is 0.623. The molecule has 0 saturated carbocycles. The Morgan fingerprint density at radius 1 is 0.929 bits per heavy atom. The van der Waals surface area contributed by atoms with Gasteiger partial charge < -0.3 is 10.1 Å². The summed E-state index contributed by atoms with van der Waals surface area (Å²) in [4.78, 5) is 12.4. The average molecular weight is 417 g/mol. The predicted octanol–water partition coefficient (Wildman–Crippen LogP) is 4.40. The van der Waals surface area contributed by atoms with Crippen LogP contribution in [0.2, 0.25) is 5.02 Å². The van der Waals surface area contributed by atoms with Gasteiger partial charge in [0.05, 0.1) is 12.0 Å². The number of halogens is 1. The molecule has 0 unspecified atom stereocenters. The summed E-state index contributed by atoms with van der Waals surface area (Å²) < 4.78 is 32.5. The van der Waals surface area contributed by atoms with E-state index in [1.54, 1.807) is 48.5 Å². The molecule has 1 amide bonds. The lowest BCUT2D eigenvalue weighted by molar-refractivity contribution is 0.102. The van der Waals surface area contributed by atoms with Crippen LogP contribution in [-0.2, 0) is 10.0 Å². The Balaban J connectivity index is 1.71. The molecule has 0 aliphatic rings. The highest BCUT2D eigenvalue weighted by Gasteiger charge is 2.15. The van der Waals surface area contributed by atoms with E-state index in [1.165, 1.54) is 31.4 Å². The van der Waals surface area contributed by atoms with Gasteiger partial charge in [-0.3, -0.25) is 9.52 Å². The second kappa shape index (κ2) is 8.33. The van der Waals surface area contributed by atoms with E-state index in [0.717, 1.165) is 0 Å². The van der Waals surface area contributed by atoms with Gasteiger partial charge in [-0.2, -0.15) is 0 Å². The Morgan fingerprint density at radius 2 is 1.57 bits per heavy atom. The lowest BCUT2D eigenvalue weighted by Gasteiger charge is -2.10. The van der Waals surface area contributed by atoms with Crippen LogP contribution in [0.15, 0.2) is 77.7 Å². The first-order valence-corrected chi connectivity index (χ1v) is 10.1. The summed E-state index contributed by atoms with van der Waals surface area (Å²) in [6.45, 7) is 0. The lowest BCUT2D eigenvalue weighted by atomic mass is 10.2. The van der Waals surface area contributed by atoms with Crippen LogP contribution in [0.1, 0.15) is 10.4 Å². The van der Waals surface area contributed by atoms with Crippen molar-refractivity contribution in [3.63, 3.8) is 0 Å². The maximum absolute atomic E-state index is 12.5. The smallest absolute Gasteiger partial charge is 0.261 e. The number of rotatable bonds is 6. The van der Waals surface area contributed by atoms with Gasteiger partial charge >= 0.3 is 0 Å². The summed E-state index contributed by atoms with van der Waals surface area (Å²) in [5.41, 5.74) is 1.30. The molecule has 28 heavy (non-hydrogen) atoms. The Hall–Kier alpha value is -3.03. The highest BCUT2D eigenvalue weighted by Crippen LogP contribution is 2.20. The van der Waals surface area contributed by atoms with Gasteiger partial charge in [0.1, 0.15) is 5.75 Å². The first-order chi connectivity index (χ1) is 13.4. The van der Waals surface area contributed by atoms with Gasteiger partial charge in [0.2, 0.25) is 0 Å². The fourth-order valence-electron chi connectivity index (χ4n) is 2.42. The van der Waals surface area contributed by atoms with E-state index in [4.69, 9.17) is 16.3 Å². The molecule has 0 fully saturated rings. The third-order valence-corrected chi connectivity index (χ3v) is 5.50. The SMILES string of the molecule is COc1cccc(C(=O)Nc2ccc(S(=O)(=O)Nc3ccc(Cl)cc3)cc2)c1. The van der Waals surface area contributed by atoms with Crippen LogP contribution in [0.5, 0.6) is 5.75 Å². The molecule has 0 atom stereocenters. The zero-order valence-corrected chi connectivity index (χ0v) is 16.4.